The molecule has 0 bridgehead atoms. The molecule has 0 aromatic carbocycles. The molecule has 0 radical (unpaired) electrons. The molecule has 0 fully saturated rings. The molecule has 0 heterocycles. The minimum Gasteiger partial charge on any atom is -0.465 e. The summed E-state index contributed by atoms with van der Waals surface area (Å²) in [6.07, 6.45) is -7.76. The number of carbonyl (C=O) groups excluding carboxylic acids is 1. The highest BCUT2D eigenvalue weighted by molar-refractivity contribution is 8.00. The Bertz CT molecular complexity index is 411. The molecule has 0 aliphatic heterocycles. The molecule has 0 aromatic rings. The van der Waals surface area contributed by atoms with Gasteiger partial charge in [-0.3, -0.25) is 4.79 Å². The van der Waals surface area contributed by atoms with Gasteiger partial charge in [-0.25, -0.2) is 0 Å². The van der Waals surface area contributed by atoms with Crippen molar-refractivity contribution in [3.05, 3.63) is 0 Å². The van der Waals surface area contributed by atoms with Gasteiger partial charge in [0.1, 0.15) is 5.25 Å². The lowest BCUT2D eigenvalue weighted by molar-refractivity contribution is -0.355. The van der Waals surface area contributed by atoms with Gasteiger partial charge in [0, 0.05) is 6.42 Å². The summed E-state index contributed by atoms with van der Waals surface area (Å²) in [5.74, 6) is -11.6. The third-order valence-electron chi connectivity index (χ3n) is 3.28. The van der Waals surface area contributed by atoms with Crippen molar-refractivity contribution in [3.63, 3.8) is 0 Å². The highest BCUT2D eigenvalue weighted by Gasteiger charge is 2.72. The molecule has 0 saturated heterocycles. The summed E-state index contributed by atoms with van der Waals surface area (Å²) in [6, 6.07) is 0. The van der Waals surface area contributed by atoms with E-state index < -0.39 is 42.1 Å². The van der Waals surface area contributed by atoms with Gasteiger partial charge in [0.25, 0.3) is 0 Å². The average Bonchev–Trinajstić information content (AvgIpc) is 2.46. The zero-order chi connectivity index (χ0) is 19.9. The van der Waals surface area contributed by atoms with E-state index >= 15 is 0 Å². The van der Waals surface area contributed by atoms with E-state index in [4.69, 9.17) is 4.74 Å². The average molecular weight is 400 g/mol. The number of carbonyl (C=O) groups is 1. The van der Waals surface area contributed by atoms with Crippen LogP contribution in [0.2, 0.25) is 0 Å². The van der Waals surface area contributed by atoms with Crippen LogP contribution in [0.25, 0.3) is 0 Å². The van der Waals surface area contributed by atoms with E-state index in [1.807, 2.05) is 6.92 Å². The summed E-state index contributed by atoms with van der Waals surface area (Å²) in [6.45, 7) is 5.61. The molecule has 0 saturated carbocycles. The lowest BCUT2D eigenvalue weighted by Gasteiger charge is -2.28. The van der Waals surface area contributed by atoms with Crippen LogP contribution < -0.4 is 0 Å². The number of unbranched alkanes of at least 4 members (excludes halogenated alkanes) is 1. The smallest absolute Gasteiger partial charge is 0.459 e. The second-order valence-electron chi connectivity index (χ2n) is 5.94. The topological polar surface area (TPSA) is 26.3 Å². The van der Waals surface area contributed by atoms with E-state index in [2.05, 4.69) is 0 Å². The van der Waals surface area contributed by atoms with Crippen LogP contribution in [0, 0.1) is 5.92 Å². The van der Waals surface area contributed by atoms with Gasteiger partial charge in [0.2, 0.25) is 0 Å². The summed E-state index contributed by atoms with van der Waals surface area (Å²) in [7, 11) is 0. The third-order valence-corrected chi connectivity index (χ3v) is 4.90. The summed E-state index contributed by atoms with van der Waals surface area (Å²) in [5.41, 5.74) is 0. The fraction of sp³-hybridized carbons (Fsp3) is 0.933. The standard InChI is InChI=1S/C15H23F7O2S/c1-4-8-24-12(23)11(10(2)3)25-9-6-5-7-13(16,17)14(18,19)15(20,21)22/h10-11H,4-9H2,1-3H3. The third kappa shape index (κ3) is 7.22. The van der Waals surface area contributed by atoms with Gasteiger partial charge in [0.05, 0.1) is 6.61 Å². The van der Waals surface area contributed by atoms with Gasteiger partial charge in [-0.05, 0) is 30.9 Å². The monoisotopic (exact) mass is 400 g/mol. The first-order chi connectivity index (χ1) is 11.3. The maximum atomic E-state index is 13.1. The zero-order valence-corrected chi connectivity index (χ0v) is 15.1. The van der Waals surface area contributed by atoms with Gasteiger partial charge >= 0.3 is 24.0 Å². The Morgan fingerprint density at radius 2 is 1.60 bits per heavy atom. The minimum atomic E-state index is -6.29. The van der Waals surface area contributed by atoms with Crippen molar-refractivity contribution in [3.8, 4) is 0 Å². The van der Waals surface area contributed by atoms with Crippen LogP contribution in [0.1, 0.15) is 46.5 Å². The van der Waals surface area contributed by atoms with Crippen LogP contribution in [-0.2, 0) is 9.53 Å². The molecule has 0 aliphatic carbocycles. The van der Waals surface area contributed by atoms with Gasteiger partial charge in [0.15, 0.2) is 0 Å². The van der Waals surface area contributed by atoms with Crippen LogP contribution in [0.3, 0.4) is 0 Å². The lowest BCUT2D eigenvalue weighted by atomic mass is 10.0. The number of ether oxygens (including phenoxy) is 1. The van der Waals surface area contributed by atoms with Crippen LogP contribution in [0.4, 0.5) is 30.7 Å². The quantitative estimate of drug-likeness (QED) is 0.253. The largest absolute Gasteiger partial charge is 0.465 e. The number of thioether (sulfide) groups is 1. The SMILES string of the molecule is CCCOC(=O)C(SCCCCC(F)(F)C(F)(F)C(F)(F)F)C(C)C. The molecular formula is C15H23F7O2S. The maximum Gasteiger partial charge on any atom is 0.459 e. The molecule has 2 nitrogen and oxygen atoms in total. The highest BCUT2D eigenvalue weighted by Crippen LogP contribution is 2.48. The fourth-order valence-corrected chi connectivity index (χ4v) is 3.05. The fourth-order valence-electron chi connectivity index (χ4n) is 1.84. The predicted octanol–water partition coefficient (Wildman–Crippen LogP) is 5.70. The number of halogens is 7. The molecule has 150 valence electrons. The Kier molecular flexibility index (Phi) is 9.61. The van der Waals surface area contributed by atoms with E-state index in [9.17, 15) is 35.5 Å². The van der Waals surface area contributed by atoms with Crippen molar-refractivity contribution in [2.45, 2.75) is 69.7 Å². The molecule has 0 spiro atoms. The van der Waals surface area contributed by atoms with Gasteiger partial charge in [-0.2, -0.15) is 30.7 Å². The van der Waals surface area contributed by atoms with Crippen LogP contribution in [0.5, 0.6) is 0 Å². The number of hydrogen-bond acceptors (Lipinski definition) is 3. The molecule has 0 amide bonds. The summed E-state index contributed by atoms with van der Waals surface area (Å²) in [5, 5.41) is -0.538. The second-order valence-corrected chi connectivity index (χ2v) is 7.19. The first-order valence-electron chi connectivity index (χ1n) is 7.88. The van der Waals surface area contributed by atoms with Crippen molar-refractivity contribution >= 4 is 17.7 Å². The van der Waals surface area contributed by atoms with E-state index in [-0.39, 0.29) is 24.7 Å². The zero-order valence-electron chi connectivity index (χ0n) is 14.3. The number of esters is 1. The first kappa shape index (κ1) is 24.3. The Morgan fingerprint density at radius 1 is 1.04 bits per heavy atom. The summed E-state index contributed by atoms with van der Waals surface area (Å²) < 4.78 is 92.7. The first-order valence-corrected chi connectivity index (χ1v) is 8.93. The maximum absolute atomic E-state index is 13.1. The number of alkyl halides is 7. The minimum absolute atomic E-state index is 0.0154. The lowest BCUT2D eigenvalue weighted by Crippen LogP contribution is -2.51. The van der Waals surface area contributed by atoms with Crippen molar-refractivity contribution in [2.24, 2.45) is 5.92 Å². The van der Waals surface area contributed by atoms with Crippen molar-refractivity contribution in [1.29, 1.82) is 0 Å². The van der Waals surface area contributed by atoms with Crippen LogP contribution >= 0.6 is 11.8 Å². The van der Waals surface area contributed by atoms with Crippen LogP contribution in [-0.4, -0.2) is 41.6 Å². The Labute approximate surface area is 146 Å². The van der Waals surface area contributed by atoms with Crippen molar-refractivity contribution in [2.75, 3.05) is 12.4 Å². The molecule has 1 atom stereocenters. The van der Waals surface area contributed by atoms with Gasteiger partial charge in [-0.1, -0.05) is 20.8 Å². The Balaban J connectivity index is 4.41. The van der Waals surface area contributed by atoms with E-state index in [1.165, 1.54) is 0 Å². The highest BCUT2D eigenvalue weighted by atomic mass is 32.2. The molecule has 0 aliphatic rings. The number of rotatable bonds is 11. The van der Waals surface area contributed by atoms with E-state index in [1.54, 1.807) is 13.8 Å². The van der Waals surface area contributed by atoms with Crippen molar-refractivity contribution < 1.29 is 40.3 Å². The van der Waals surface area contributed by atoms with E-state index in [0.29, 0.717) is 6.42 Å². The molecule has 0 N–H and O–H groups in total. The second kappa shape index (κ2) is 9.87. The summed E-state index contributed by atoms with van der Waals surface area (Å²) in [4.78, 5) is 11.8. The predicted molar refractivity (Wildman–Crippen MR) is 82.1 cm³/mol. The van der Waals surface area contributed by atoms with Crippen molar-refractivity contribution in [1.82, 2.24) is 0 Å². The molecule has 0 aromatic heterocycles. The normalized spacial score (nSPS) is 14.7. The number of hydrogen-bond donors (Lipinski definition) is 0. The van der Waals surface area contributed by atoms with Gasteiger partial charge < -0.3 is 4.74 Å². The van der Waals surface area contributed by atoms with Crippen LogP contribution in [0.15, 0.2) is 0 Å². The van der Waals surface area contributed by atoms with E-state index in [0.717, 1.165) is 11.8 Å². The summed E-state index contributed by atoms with van der Waals surface area (Å²) >= 11 is 1.12. The Morgan fingerprint density at radius 3 is 2.04 bits per heavy atom. The molecule has 0 rings (SSSR count). The Hall–Kier alpha value is -0.670. The molecule has 1 unspecified atom stereocenters. The van der Waals surface area contributed by atoms with Gasteiger partial charge in [-0.15, -0.1) is 11.8 Å². The molecule has 25 heavy (non-hydrogen) atoms. The molecule has 10 heteroatoms. The molecular weight excluding hydrogens is 377 g/mol.